The van der Waals surface area contributed by atoms with Crippen LogP contribution in [-0.2, 0) is 35.8 Å². The van der Waals surface area contributed by atoms with E-state index < -0.39 is 11.9 Å². The molecule has 0 N–H and O–H groups in total. The summed E-state index contributed by atoms with van der Waals surface area (Å²) in [5.74, 6) is -2.23. The van der Waals surface area contributed by atoms with E-state index in [1.165, 1.54) is 0 Å². The number of carboxylic acid groups (broad SMARTS) is 2. The molecule has 4 rings (SSSR count). The molecule has 162 valence electrons. The smallest absolute Gasteiger partial charge is 0.244 e. The zero-order valence-electron chi connectivity index (χ0n) is 17.3. The Kier molecular flexibility index (Phi) is 6.12. The van der Waals surface area contributed by atoms with Crippen molar-refractivity contribution >= 4 is 11.9 Å². The number of aliphatic carboxylic acids is 2. The minimum Gasteiger partial charge on any atom is -0.546 e. The van der Waals surface area contributed by atoms with Gasteiger partial charge in [-0.2, -0.15) is 0 Å². The van der Waals surface area contributed by atoms with Crippen molar-refractivity contribution in [2.24, 2.45) is 0 Å². The molecule has 0 saturated heterocycles. The van der Waals surface area contributed by atoms with Crippen molar-refractivity contribution in [2.45, 2.75) is 26.2 Å². The topological polar surface area (TPSA) is 97.9 Å². The number of benzene rings is 2. The van der Waals surface area contributed by atoms with Crippen LogP contribution in [0.5, 0.6) is 0 Å². The highest BCUT2D eigenvalue weighted by Crippen LogP contribution is 2.20. The molecule has 0 radical (unpaired) electrons. The number of aromatic nitrogens is 4. The maximum absolute atomic E-state index is 10.7. The number of carboxylic acids is 2. The zero-order chi connectivity index (χ0) is 22.5. The van der Waals surface area contributed by atoms with Gasteiger partial charge < -0.3 is 19.8 Å². The summed E-state index contributed by atoms with van der Waals surface area (Å²) >= 11 is 0. The van der Waals surface area contributed by atoms with E-state index >= 15 is 0 Å². The molecule has 8 nitrogen and oxygen atoms in total. The fraction of sp³-hybridized carbons (Fsp3) is 0.167. The summed E-state index contributed by atoms with van der Waals surface area (Å²) in [5.41, 5.74) is 4.43. The van der Waals surface area contributed by atoms with Crippen LogP contribution in [0.4, 0.5) is 0 Å². The lowest BCUT2D eigenvalue weighted by Gasteiger charge is -2.05. The summed E-state index contributed by atoms with van der Waals surface area (Å²) in [5, 5.41) is 21.4. The Balaban J connectivity index is 1.37. The molecule has 32 heavy (non-hydrogen) atoms. The summed E-state index contributed by atoms with van der Waals surface area (Å²) < 4.78 is 6.99. The standard InChI is InChI=1S/C24H22N4O4/c29-23(30)15-27-11-9-25(17-27)13-19-1-5-21(6-2-19)22-7-3-20(4-8-22)14-26-10-12-28(18-26)16-24(31)32/h1-12,17-18H,13-16H2. The molecule has 0 aliphatic rings. The quantitative estimate of drug-likeness (QED) is 0.322. The molecule has 2 aromatic carbocycles. The fourth-order valence-electron chi connectivity index (χ4n) is 3.58. The highest BCUT2D eigenvalue weighted by molar-refractivity contribution is 5.64. The van der Waals surface area contributed by atoms with Crippen LogP contribution in [0, 0.1) is 0 Å². The van der Waals surface area contributed by atoms with Crippen LogP contribution in [0.2, 0.25) is 0 Å². The van der Waals surface area contributed by atoms with E-state index in [2.05, 4.69) is 48.5 Å². The molecule has 2 aromatic heterocycles. The van der Waals surface area contributed by atoms with E-state index in [-0.39, 0.29) is 13.1 Å². The predicted octanol–water partition coefficient (Wildman–Crippen LogP) is -0.872. The second-order valence-corrected chi connectivity index (χ2v) is 7.65. The molecule has 0 aliphatic heterocycles. The molecule has 0 amide bonds. The number of carbonyl (C=O) groups excluding carboxylic acids is 2. The Hall–Kier alpha value is -4.20. The minimum atomic E-state index is -1.11. The average molecular weight is 430 g/mol. The summed E-state index contributed by atoms with van der Waals surface area (Å²) in [4.78, 5) is 21.4. The number of hydrogen-bond donors (Lipinski definition) is 0. The van der Waals surface area contributed by atoms with Crippen molar-refractivity contribution < 1.29 is 28.9 Å². The van der Waals surface area contributed by atoms with Crippen LogP contribution in [0.1, 0.15) is 11.1 Å². The predicted molar refractivity (Wildman–Crippen MR) is 109 cm³/mol. The van der Waals surface area contributed by atoms with Gasteiger partial charge in [0.2, 0.25) is 12.7 Å². The van der Waals surface area contributed by atoms with Crippen LogP contribution in [-0.4, -0.2) is 21.1 Å². The molecular weight excluding hydrogens is 408 g/mol. The Bertz CT molecular complexity index is 1130. The summed E-state index contributed by atoms with van der Waals surface area (Å²) in [6.07, 6.45) is 10.6. The van der Waals surface area contributed by atoms with E-state index in [4.69, 9.17) is 0 Å². The number of nitrogens with zero attached hydrogens (tertiary/aromatic N) is 4. The van der Waals surface area contributed by atoms with Crippen LogP contribution in [0.25, 0.3) is 11.1 Å². The number of rotatable bonds is 9. The number of hydrogen-bond acceptors (Lipinski definition) is 4. The molecule has 0 aliphatic carbocycles. The zero-order valence-corrected chi connectivity index (χ0v) is 17.3. The number of imidazole rings is 2. The first-order valence-electron chi connectivity index (χ1n) is 10.1. The van der Waals surface area contributed by atoms with Gasteiger partial charge in [0.1, 0.15) is 51.0 Å². The number of carbonyl (C=O) groups is 2. The Labute approximate surface area is 184 Å². The minimum absolute atomic E-state index is 0.161. The third kappa shape index (κ3) is 5.48. The van der Waals surface area contributed by atoms with Crippen molar-refractivity contribution in [3.05, 3.63) is 97.1 Å². The normalized spacial score (nSPS) is 10.9. The van der Waals surface area contributed by atoms with Crippen LogP contribution in [0.15, 0.2) is 86.0 Å². The first-order valence-corrected chi connectivity index (χ1v) is 10.1. The Morgan fingerprint density at radius 1 is 0.656 bits per heavy atom. The van der Waals surface area contributed by atoms with Crippen LogP contribution >= 0.6 is 0 Å². The lowest BCUT2D eigenvalue weighted by atomic mass is 10.0. The summed E-state index contributed by atoms with van der Waals surface area (Å²) in [6, 6.07) is 16.5. The lowest BCUT2D eigenvalue weighted by Crippen LogP contribution is -2.33. The van der Waals surface area contributed by atoms with Gasteiger partial charge in [0.25, 0.3) is 0 Å². The molecular formula is C24H22N4O4. The average Bonchev–Trinajstić information content (AvgIpc) is 3.37. The van der Waals surface area contributed by atoms with E-state index in [1.54, 1.807) is 34.2 Å². The Morgan fingerprint density at radius 2 is 1.03 bits per heavy atom. The van der Waals surface area contributed by atoms with Crippen molar-refractivity contribution in [2.75, 3.05) is 0 Å². The van der Waals surface area contributed by atoms with Gasteiger partial charge in [-0.05, 0) is 22.3 Å². The first kappa shape index (κ1) is 21.0. The fourth-order valence-corrected chi connectivity index (χ4v) is 3.58. The molecule has 0 bridgehead atoms. The van der Waals surface area contributed by atoms with Gasteiger partial charge in [-0.1, -0.05) is 48.5 Å². The molecule has 0 saturated carbocycles. The van der Waals surface area contributed by atoms with Crippen LogP contribution in [0.3, 0.4) is 0 Å². The highest BCUT2D eigenvalue weighted by atomic mass is 16.4. The molecule has 0 spiro atoms. The van der Waals surface area contributed by atoms with Crippen molar-refractivity contribution in [3.63, 3.8) is 0 Å². The van der Waals surface area contributed by atoms with Gasteiger partial charge in [0, 0.05) is 0 Å². The molecule has 0 atom stereocenters. The molecule has 2 heterocycles. The summed E-state index contributed by atoms with van der Waals surface area (Å²) in [7, 11) is 0. The van der Waals surface area contributed by atoms with Gasteiger partial charge >= 0.3 is 0 Å². The van der Waals surface area contributed by atoms with E-state index in [1.807, 2.05) is 21.5 Å². The third-order valence-electron chi connectivity index (χ3n) is 5.09. The summed E-state index contributed by atoms with van der Waals surface area (Å²) in [6.45, 7) is 0.973. The SMILES string of the molecule is O=C([O-])Cn1cc[n+](Cc2ccc(-c3ccc(C[n+]4ccn(CC(=O)[O-])c4)cc3)cc2)c1. The van der Waals surface area contributed by atoms with Crippen molar-refractivity contribution in [1.82, 2.24) is 9.13 Å². The van der Waals surface area contributed by atoms with Gasteiger partial charge in [-0.25, -0.2) is 18.3 Å². The van der Waals surface area contributed by atoms with Gasteiger partial charge in [-0.3, -0.25) is 0 Å². The van der Waals surface area contributed by atoms with E-state index in [9.17, 15) is 19.8 Å². The van der Waals surface area contributed by atoms with Gasteiger partial charge in [-0.15, -0.1) is 0 Å². The second kappa shape index (κ2) is 9.30. The lowest BCUT2D eigenvalue weighted by molar-refractivity contribution is -0.688. The molecule has 0 fully saturated rings. The maximum atomic E-state index is 10.7. The second-order valence-electron chi connectivity index (χ2n) is 7.65. The molecule has 0 unspecified atom stereocenters. The maximum Gasteiger partial charge on any atom is 0.244 e. The first-order chi connectivity index (χ1) is 15.4. The largest absolute Gasteiger partial charge is 0.546 e. The Morgan fingerprint density at radius 3 is 1.38 bits per heavy atom. The van der Waals surface area contributed by atoms with E-state index in [0.717, 1.165) is 22.3 Å². The van der Waals surface area contributed by atoms with Crippen LogP contribution < -0.4 is 19.3 Å². The van der Waals surface area contributed by atoms with Gasteiger partial charge in [0.05, 0.1) is 11.9 Å². The third-order valence-corrected chi connectivity index (χ3v) is 5.09. The van der Waals surface area contributed by atoms with E-state index in [0.29, 0.717) is 13.1 Å². The highest BCUT2D eigenvalue weighted by Gasteiger charge is 2.07. The van der Waals surface area contributed by atoms with Gasteiger partial charge in [0.15, 0.2) is 0 Å². The van der Waals surface area contributed by atoms with Crippen molar-refractivity contribution in [3.8, 4) is 11.1 Å². The molecule has 4 aromatic rings. The monoisotopic (exact) mass is 430 g/mol. The van der Waals surface area contributed by atoms with Crippen molar-refractivity contribution in [1.29, 1.82) is 0 Å². The molecule has 8 heteroatoms.